The molecule has 0 aliphatic carbocycles. The molecular formula is C10H19NO2S. The van der Waals surface area contributed by atoms with Crippen LogP contribution in [0.4, 0.5) is 0 Å². The third-order valence-corrected chi connectivity index (χ3v) is 4.28. The number of rotatable bonds is 4. The Labute approximate surface area is 88.8 Å². The summed E-state index contributed by atoms with van der Waals surface area (Å²) in [5.41, 5.74) is 0. The van der Waals surface area contributed by atoms with E-state index in [4.69, 9.17) is 0 Å². The van der Waals surface area contributed by atoms with Crippen LogP contribution in [0.2, 0.25) is 0 Å². The van der Waals surface area contributed by atoms with E-state index in [9.17, 15) is 9.35 Å². The standard InChI is InChI=1S/C10H19NO2S/c1-2-3-8-14(13)9-6-4-5-7-11-10(9)12/h9H,2-8H2,1H3,(H,11,12). The predicted octanol–water partition coefficient (Wildman–Crippen LogP) is 1.20. The van der Waals surface area contributed by atoms with Gasteiger partial charge in [-0.25, -0.2) is 0 Å². The summed E-state index contributed by atoms with van der Waals surface area (Å²) < 4.78 is 11.8. The lowest BCUT2D eigenvalue weighted by atomic mass is 10.2. The Bertz CT molecular complexity index is 187. The summed E-state index contributed by atoms with van der Waals surface area (Å²) in [4.78, 5) is 11.5. The van der Waals surface area contributed by atoms with Crippen molar-refractivity contribution in [1.82, 2.24) is 5.32 Å². The highest BCUT2D eigenvalue weighted by Gasteiger charge is 2.30. The van der Waals surface area contributed by atoms with Crippen molar-refractivity contribution < 1.29 is 9.35 Å². The smallest absolute Gasteiger partial charge is 0.273 e. The Morgan fingerprint density at radius 1 is 1.57 bits per heavy atom. The van der Waals surface area contributed by atoms with Crippen molar-refractivity contribution in [2.24, 2.45) is 0 Å². The highest BCUT2D eigenvalue weighted by Crippen LogP contribution is 2.15. The Morgan fingerprint density at radius 2 is 2.36 bits per heavy atom. The monoisotopic (exact) mass is 217 g/mol. The van der Waals surface area contributed by atoms with Crippen LogP contribution in [0.1, 0.15) is 39.0 Å². The van der Waals surface area contributed by atoms with Gasteiger partial charge < -0.3 is 9.87 Å². The van der Waals surface area contributed by atoms with E-state index >= 15 is 0 Å². The normalized spacial score (nSPS) is 25.3. The van der Waals surface area contributed by atoms with Crippen molar-refractivity contribution in [3.8, 4) is 0 Å². The van der Waals surface area contributed by atoms with Crippen LogP contribution in [-0.2, 0) is 16.0 Å². The maximum absolute atomic E-state index is 11.8. The lowest BCUT2D eigenvalue weighted by Crippen LogP contribution is -2.39. The van der Waals surface area contributed by atoms with Crippen molar-refractivity contribution in [3.63, 3.8) is 0 Å². The van der Waals surface area contributed by atoms with Gasteiger partial charge in [0.05, 0.1) is 0 Å². The molecule has 4 heteroatoms. The van der Waals surface area contributed by atoms with Crippen LogP contribution in [-0.4, -0.2) is 28.0 Å². The zero-order chi connectivity index (χ0) is 10.4. The van der Waals surface area contributed by atoms with Gasteiger partial charge in [-0.1, -0.05) is 13.3 Å². The van der Waals surface area contributed by atoms with Crippen molar-refractivity contribution in [2.75, 3.05) is 12.3 Å². The second-order valence-electron chi connectivity index (χ2n) is 3.71. The lowest BCUT2D eigenvalue weighted by molar-refractivity contribution is -0.120. The summed E-state index contributed by atoms with van der Waals surface area (Å²) in [6.07, 6.45) is 4.83. The fourth-order valence-electron chi connectivity index (χ4n) is 1.59. The molecule has 1 saturated heterocycles. The van der Waals surface area contributed by atoms with Crippen LogP contribution in [0.15, 0.2) is 0 Å². The summed E-state index contributed by atoms with van der Waals surface area (Å²) in [5.74, 6) is 0.672. The van der Waals surface area contributed by atoms with Gasteiger partial charge >= 0.3 is 0 Å². The van der Waals surface area contributed by atoms with E-state index in [1.807, 2.05) is 0 Å². The zero-order valence-corrected chi connectivity index (χ0v) is 9.57. The van der Waals surface area contributed by atoms with Gasteiger partial charge in [-0.2, -0.15) is 0 Å². The second kappa shape index (κ2) is 6.30. The summed E-state index contributed by atoms with van der Waals surface area (Å²) in [6, 6.07) is 0. The highest BCUT2D eigenvalue weighted by molar-refractivity contribution is 7.92. The molecule has 1 amide bonds. The molecule has 2 unspecified atom stereocenters. The van der Waals surface area contributed by atoms with Gasteiger partial charge in [0.25, 0.3) is 5.91 Å². The largest absolute Gasteiger partial charge is 0.616 e. The summed E-state index contributed by atoms with van der Waals surface area (Å²) in [7, 11) is 0. The first-order valence-corrected chi connectivity index (χ1v) is 6.78. The van der Waals surface area contributed by atoms with Gasteiger partial charge in [-0.05, 0) is 30.4 Å². The maximum atomic E-state index is 11.8. The summed E-state index contributed by atoms with van der Waals surface area (Å²) in [5, 5.41) is 2.57. The van der Waals surface area contributed by atoms with Crippen molar-refractivity contribution in [2.45, 2.75) is 44.3 Å². The Hall–Kier alpha value is -0.220. The fraction of sp³-hybridized carbons (Fsp3) is 0.900. The van der Waals surface area contributed by atoms with Crippen LogP contribution in [0.3, 0.4) is 0 Å². The Balaban J connectivity index is 2.41. The number of amides is 1. The van der Waals surface area contributed by atoms with Crippen LogP contribution in [0, 0.1) is 0 Å². The van der Waals surface area contributed by atoms with E-state index in [1.165, 1.54) is 0 Å². The van der Waals surface area contributed by atoms with E-state index in [-0.39, 0.29) is 11.2 Å². The molecule has 1 fully saturated rings. The molecule has 0 aromatic carbocycles. The number of unbranched alkanes of at least 4 members (excludes halogenated alkanes) is 1. The highest BCUT2D eigenvalue weighted by atomic mass is 32.2. The molecule has 0 bridgehead atoms. The molecule has 1 rings (SSSR count). The lowest BCUT2D eigenvalue weighted by Gasteiger charge is -2.18. The van der Waals surface area contributed by atoms with Crippen molar-refractivity contribution >= 4 is 17.1 Å². The van der Waals surface area contributed by atoms with Gasteiger partial charge in [0.2, 0.25) is 0 Å². The van der Waals surface area contributed by atoms with Gasteiger partial charge in [-0.3, -0.25) is 4.79 Å². The first kappa shape index (κ1) is 11.9. The van der Waals surface area contributed by atoms with Crippen LogP contribution in [0.25, 0.3) is 0 Å². The zero-order valence-electron chi connectivity index (χ0n) is 8.75. The van der Waals surface area contributed by atoms with E-state index in [1.54, 1.807) is 0 Å². The van der Waals surface area contributed by atoms with E-state index < -0.39 is 11.2 Å². The molecule has 1 aliphatic heterocycles. The van der Waals surface area contributed by atoms with Gasteiger partial charge in [0.15, 0.2) is 5.25 Å². The number of nitrogens with one attached hydrogen (secondary N) is 1. The van der Waals surface area contributed by atoms with E-state index in [0.29, 0.717) is 5.75 Å². The van der Waals surface area contributed by atoms with Gasteiger partial charge in [-0.15, -0.1) is 0 Å². The molecule has 1 aliphatic rings. The number of hydrogen-bond acceptors (Lipinski definition) is 2. The minimum atomic E-state index is -0.960. The number of carbonyl (C=O) groups excluding carboxylic acids is 1. The van der Waals surface area contributed by atoms with Crippen molar-refractivity contribution in [3.05, 3.63) is 0 Å². The van der Waals surface area contributed by atoms with Gasteiger partial charge in [0, 0.05) is 13.0 Å². The molecule has 1 N–H and O–H groups in total. The molecule has 0 spiro atoms. The topological polar surface area (TPSA) is 52.2 Å². The molecule has 0 radical (unpaired) electrons. The van der Waals surface area contributed by atoms with E-state index in [2.05, 4.69) is 12.2 Å². The third kappa shape index (κ3) is 3.50. The maximum Gasteiger partial charge on any atom is 0.273 e. The van der Waals surface area contributed by atoms with Crippen LogP contribution in [0.5, 0.6) is 0 Å². The third-order valence-electron chi connectivity index (χ3n) is 2.50. The molecule has 2 atom stereocenters. The minimum Gasteiger partial charge on any atom is -0.616 e. The Kier molecular flexibility index (Phi) is 5.33. The quantitative estimate of drug-likeness (QED) is 0.719. The molecule has 3 nitrogen and oxygen atoms in total. The molecule has 14 heavy (non-hydrogen) atoms. The molecule has 1 heterocycles. The predicted molar refractivity (Wildman–Crippen MR) is 58.6 cm³/mol. The fourth-order valence-corrected chi connectivity index (χ4v) is 3.20. The Morgan fingerprint density at radius 3 is 3.07 bits per heavy atom. The second-order valence-corrected chi connectivity index (χ2v) is 5.45. The first-order chi connectivity index (χ1) is 6.75. The van der Waals surface area contributed by atoms with Crippen LogP contribution < -0.4 is 5.32 Å². The molecular weight excluding hydrogens is 198 g/mol. The molecule has 0 aromatic rings. The SMILES string of the molecule is CCCC[S+]([O-])C1CCCCNC1=O. The van der Waals surface area contributed by atoms with Crippen LogP contribution >= 0.6 is 0 Å². The number of carbonyl (C=O) groups is 1. The molecule has 82 valence electrons. The average molecular weight is 217 g/mol. The summed E-state index contributed by atoms with van der Waals surface area (Å²) >= 11 is -0.960. The average Bonchev–Trinajstić information content (AvgIpc) is 2.39. The minimum absolute atomic E-state index is 0.00284. The van der Waals surface area contributed by atoms with Crippen molar-refractivity contribution in [1.29, 1.82) is 0 Å². The van der Waals surface area contributed by atoms with E-state index in [0.717, 1.165) is 38.6 Å². The number of hydrogen-bond donors (Lipinski definition) is 1. The first-order valence-electron chi connectivity index (χ1n) is 5.40. The molecule has 0 aromatic heterocycles. The summed E-state index contributed by atoms with van der Waals surface area (Å²) in [6.45, 7) is 2.82. The van der Waals surface area contributed by atoms with Gasteiger partial charge in [0.1, 0.15) is 5.75 Å². The molecule has 0 saturated carbocycles.